The van der Waals surface area contributed by atoms with Gasteiger partial charge in [0.05, 0.1) is 38.0 Å². The second kappa shape index (κ2) is 7.48. The number of hydrogen-bond acceptors (Lipinski definition) is 6. The number of nitrogens with one attached hydrogen (secondary N) is 1. The lowest BCUT2D eigenvalue weighted by Gasteiger charge is -2.47. The first kappa shape index (κ1) is 20.5. The molecule has 160 valence electrons. The van der Waals surface area contributed by atoms with Crippen molar-refractivity contribution in [1.82, 2.24) is 5.32 Å². The third kappa shape index (κ3) is 4.24. The highest BCUT2D eigenvalue weighted by Crippen LogP contribution is 2.41. The summed E-state index contributed by atoms with van der Waals surface area (Å²) in [5.74, 6) is -2.53. The molecule has 0 bridgehead atoms. The number of anilines is 1. The zero-order valence-corrected chi connectivity index (χ0v) is 16.9. The summed E-state index contributed by atoms with van der Waals surface area (Å²) in [6, 6.07) is 1.88. The van der Waals surface area contributed by atoms with Gasteiger partial charge in [0.1, 0.15) is 17.3 Å². The summed E-state index contributed by atoms with van der Waals surface area (Å²) < 4.78 is 61.9. The van der Waals surface area contributed by atoms with E-state index in [1.165, 1.54) is 12.1 Å². The second-order valence-electron chi connectivity index (χ2n) is 8.30. The number of carbonyl (C=O) groups excluding carboxylic acids is 1. The van der Waals surface area contributed by atoms with Gasteiger partial charge in [-0.15, -0.1) is 0 Å². The van der Waals surface area contributed by atoms with Gasteiger partial charge < -0.3 is 15.0 Å². The number of carbonyl (C=O) groups is 1. The van der Waals surface area contributed by atoms with Gasteiger partial charge in [0.2, 0.25) is 5.91 Å². The van der Waals surface area contributed by atoms with Crippen LogP contribution in [0.15, 0.2) is 12.1 Å². The molecule has 0 aliphatic carbocycles. The summed E-state index contributed by atoms with van der Waals surface area (Å²) in [7, 11) is -3.63. The van der Waals surface area contributed by atoms with Crippen molar-refractivity contribution in [1.29, 1.82) is 0 Å². The Morgan fingerprint density at radius 3 is 2.38 bits per heavy atom. The quantitative estimate of drug-likeness (QED) is 0.714. The average molecular weight is 430 g/mol. The number of halogens is 2. The van der Waals surface area contributed by atoms with Crippen LogP contribution >= 0.6 is 0 Å². The van der Waals surface area contributed by atoms with E-state index in [-0.39, 0.29) is 29.7 Å². The van der Waals surface area contributed by atoms with Crippen LogP contribution in [0.5, 0.6) is 0 Å². The highest BCUT2D eigenvalue weighted by molar-refractivity contribution is 7.85. The van der Waals surface area contributed by atoms with Crippen molar-refractivity contribution in [3.05, 3.63) is 29.3 Å². The van der Waals surface area contributed by atoms with Gasteiger partial charge in [-0.3, -0.25) is 8.98 Å². The SMILES string of the molecule is CS(=O)(=O)OCC1C[C@H](c2cc(F)c(N3CCC4(CC3)COC4)c(F)c2)C(=O)N1. The van der Waals surface area contributed by atoms with Crippen LogP contribution in [-0.4, -0.2) is 59.5 Å². The van der Waals surface area contributed by atoms with Gasteiger partial charge >= 0.3 is 0 Å². The molecule has 4 rings (SSSR count). The Morgan fingerprint density at radius 2 is 1.86 bits per heavy atom. The minimum Gasteiger partial charge on any atom is -0.380 e. The normalized spacial score (nSPS) is 26.4. The predicted molar refractivity (Wildman–Crippen MR) is 101 cm³/mol. The number of amides is 1. The van der Waals surface area contributed by atoms with Gasteiger partial charge in [0, 0.05) is 18.5 Å². The Labute approximate surface area is 168 Å². The zero-order chi connectivity index (χ0) is 20.8. The van der Waals surface area contributed by atoms with Crippen LogP contribution in [0, 0.1) is 17.0 Å². The molecule has 1 unspecified atom stereocenters. The average Bonchev–Trinajstić information content (AvgIpc) is 2.99. The van der Waals surface area contributed by atoms with Crippen molar-refractivity contribution in [3.63, 3.8) is 0 Å². The standard InChI is InChI=1S/C19H24F2N2O5S/c1-29(25,26)28-9-13-8-14(18(24)22-13)12-6-15(20)17(16(21)7-12)23-4-2-19(3-5-23)10-27-11-19/h6-7,13-14H,2-5,8-11H2,1H3,(H,22,24)/t13?,14-/m1/s1. The van der Waals surface area contributed by atoms with Gasteiger partial charge in [-0.25, -0.2) is 8.78 Å². The molecule has 7 nitrogen and oxygen atoms in total. The topological polar surface area (TPSA) is 84.9 Å². The lowest BCUT2D eigenvalue weighted by atomic mass is 9.76. The van der Waals surface area contributed by atoms with Crippen LogP contribution in [0.25, 0.3) is 0 Å². The lowest BCUT2D eigenvalue weighted by Crippen LogP contribution is -2.51. The first-order valence-electron chi connectivity index (χ1n) is 9.62. The summed E-state index contributed by atoms with van der Waals surface area (Å²) in [6.07, 6.45) is 2.80. The van der Waals surface area contributed by atoms with Crippen molar-refractivity contribution in [3.8, 4) is 0 Å². The van der Waals surface area contributed by atoms with Crippen LogP contribution in [-0.2, 0) is 23.8 Å². The lowest BCUT2D eigenvalue weighted by molar-refractivity contribution is -0.124. The first-order valence-corrected chi connectivity index (χ1v) is 11.4. The fraction of sp³-hybridized carbons (Fsp3) is 0.632. The van der Waals surface area contributed by atoms with Crippen LogP contribution in [0.4, 0.5) is 14.5 Å². The summed E-state index contributed by atoms with van der Waals surface area (Å²) in [4.78, 5) is 14.0. The Morgan fingerprint density at radius 1 is 1.24 bits per heavy atom. The molecule has 1 N–H and O–H groups in total. The Bertz CT molecular complexity index is 886. The minimum absolute atomic E-state index is 0.0563. The van der Waals surface area contributed by atoms with Crippen LogP contribution < -0.4 is 10.2 Å². The van der Waals surface area contributed by atoms with Gasteiger partial charge in [-0.1, -0.05) is 0 Å². The van der Waals surface area contributed by atoms with E-state index in [0.29, 0.717) is 26.3 Å². The van der Waals surface area contributed by atoms with Gasteiger partial charge in [0.15, 0.2) is 0 Å². The van der Waals surface area contributed by atoms with Crippen molar-refractivity contribution in [2.24, 2.45) is 5.41 Å². The van der Waals surface area contributed by atoms with Crippen molar-refractivity contribution in [2.45, 2.75) is 31.2 Å². The van der Waals surface area contributed by atoms with E-state index >= 15 is 0 Å². The summed E-state index contributed by atoms with van der Waals surface area (Å²) in [5, 5.41) is 2.62. The van der Waals surface area contributed by atoms with E-state index in [0.717, 1.165) is 19.1 Å². The van der Waals surface area contributed by atoms with Crippen LogP contribution in [0.2, 0.25) is 0 Å². The molecule has 29 heavy (non-hydrogen) atoms. The smallest absolute Gasteiger partial charge is 0.264 e. The summed E-state index contributed by atoms with van der Waals surface area (Å²) >= 11 is 0. The fourth-order valence-electron chi connectivity index (χ4n) is 4.33. The van der Waals surface area contributed by atoms with E-state index in [4.69, 9.17) is 8.92 Å². The minimum atomic E-state index is -3.63. The van der Waals surface area contributed by atoms with Crippen molar-refractivity contribution >= 4 is 21.7 Å². The highest BCUT2D eigenvalue weighted by atomic mass is 32.2. The molecule has 1 amide bonds. The third-order valence-electron chi connectivity index (χ3n) is 6.06. The van der Waals surface area contributed by atoms with E-state index in [9.17, 15) is 22.0 Å². The molecule has 3 aliphatic heterocycles. The number of piperidine rings is 1. The fourth-order valence-corrected chi connectivity index (χ4v) is 4.74. The Kier molecular flexibility index (Phi) is 5.28. The van der Waals surface area contributed by atoms with E-state index in [1.54, 1.807) is 4.90 Å². The summed E-state index contributed by atoms with van der Waals surface area (Å²) in [6.45, 7) is 2.34. The molecule has 10 heteroatoms. The maximum Gasteiger partial charge on any atom is 0.264 e. The number of rotatable bonds is 5. The summed E-state index contributed by atoms with van der Waals surface area (Å²) in [5.41, 5.74) is 0.345. The number of nitrogens with zero attached hydrogens (tertiary/aromatic N) is 1. The number of benzene rings is 1. The van der Waals surface area contributed by atoms with Crippen LogP contribution in [0.3, 0.4) is 0 Å². The number of hydrogen-bond donors (Lipinski definition) is 1. The largest absolute Gasteiger partial charge is 0.380 e. The first-order chi connectivity index (χ1) is 13.7. The molecule has 0 saturated carbocycles. The Balaban J connectivity index is 1.46. The monoisotopic (exact) mass is 430 g/mol. The van der Waals surface area contributed by atoms with Gasteiger partial charge in [-0.05, 0) is 37.0 Å². The molecule has 3 heterocycles. The molecular weight excluding hydrogens is 406 g/mol. The highest BCUT2D eigenvalue weighted by Gasteiger charge is 2.42. The second-order valence-corrected chi connectivity index (χ2v) is 9.94. The van der Waals surface area contributed by atoms with Crippen molar-refractivity contribution < 1.29 is 30.9 Å². The van der Waals surface area contributed by atoms with Gasteiger partial charge in [-0.2, -0.15) is 8.42 Å². The van der Waals surface area contributed by atoms with E-state index < -0.39 is 39.6 Å². The molecule has 0 radical (unpaired) electrons. The van der Waals surface area contributed by atoms with Gasteiger partial charge in [0.25, 0.3) is 10.1 Å². The van der Waals surface area contributed by atoms with E-state index in [2.05, 4.69) is 5.32 Å². The Hall–Kier alpha value is -1.78. The molecular formula is C19H24F2N2O5S. The third-order valence-corrected chi connectivity index (χ3v) is 6.63. The molecule has 1 spiro atoms. The molecule has 0 aromatic heterocycles. The van der Waals surface area contributed by atoms with Crippen molar-refractivity contribution in [2.75, 3.05) is 44.1 Å². The molecule has 3 aliphatic rings. The van der Waals surface area contributed by atoms with Crippen LogP contribution in [0.1, 0.15) is 30.7 Å². The molecule has 2 atom stereocenters. The number of ether oxygens (including phenoxy) is 1. The zero-order valence-electron chi connectivity index (χ0n) is 16.1. The molecule has 3 saturated heterocycles. The molecule has 1 aromatic rings. The maximum absolute atomic E-state index is 14.8. The maximum atomic E-state index is 14.8. The molecule has 1 aromatic carbocycles. The molecule has 3 fully saturated rings. The van der Waals surface area contributed by atoms with E-state index in [1.807, 2.05) is 0 Å². The predicted octanol–water partition coefficient (Wildman–Crippen LogP) is 1.53.